The smallest absolute Gasteiger partial charge is 0.193 e. The Balaban J connectivity index is 1.84. The van der Waals surface area contributed by atoms with Gasteiger partial charge in [0.1, 0.15) is 5.75 Å². The van der Waals surface area contributed by atoms with Gasteiger partial charge in [-0.1, -0.05) is 12.1 Å². The molecule has 0 saturated carbocycles. The predicted octanol–water partition coefficient (Wildman–Crippen LogP) is 3.98. The van der Waals surface area contributed by atoms with E-state index in [1.807, 2.05) is 35.7 Å². The molecule has 20 heavy (non-hydrogen) atoms. The van der Waals surface area contributed by atoms with Gasteiger partial charge < -0.3 is 9.64 Å². The van der Waals surface area contributed by atoms with Crippen LogP contribution in [0.3, 0.4) is 0 Å². The Morgan fingerprint density at radius 2 is 2.20 bits per heavy atom. The van der Waals surface area contributed by atoms with Crippen molar-refractivity contribution in [2.75, 3.05) is 24.6 Å². The van der Waals surface area contributed by atoms with Crippen LogP contribution in [0.15, 0.2) is 40.2 Å². The normalized spacial score (nSPS) is 14.3. The van der Waals surface area contributed by atoms with Crippen LogP contribution in [0.2, 0.25) is 0 Å². The highest BCUT2D eigenvalue weighted by Gasteiger charge is 2.20. The largest absolute Gasteiger partial charge is 0.491 e. The van der Waals surface area contributed by atoms with E-state index < -0.39 is 0 Å². The van der Waals surface area contributed by atoms with Crippen molar-refractivity contribution in [2.24, 2.45) is 0 Å². The molecule has 0 amide bonds. The second-order valence-corrected chi connectivity index (χ2v) is 6.38. The maximum atomic E-state index is 12.4. The molecule has 0 spiro atoms. The van der Waals surface area contributed by atoms with Gasteiger partial charge in [0.25, 0.3) is 0 Å². The number of carbonyl (C=O) groups is 1. The molecule has 0 N–H and O–H groups in total. The van der Waals surface area contributed by atoms with Crippen molar-refractivity contribution < 1.29 is 9.53 Å². The van der Waals surface area contributed by atoms with E-state index >= 15 is 0 Å². The molecule has 0 aliphatic carbocycles. The molecule has 1 aromatic carbocycles. The molecule has 1 aromatic heterocycles. The van der Waals surface area contributed by atoms with Gasteiger partial charge in [0.15, 0.2) is 5.78 Å². The van der Waals surface area contributed by atoms with Crippen LogP contribution in [0.1, 0.15) is 16.1 Å². The van der Waals surface area contributed by atoms with Gasteiger partial charge in [-0.15, -0.1) is 11.3 Å². The molecular formula is C15H14BrNO2S. The number of anilines is 1. The lowest BCUT2D eigenvalue weighted by molar-refractivity contribution is 0.100. The van der Waals surface area contributed by atoms with Crippen LogP contribution >= 0.6 is 27.3 Å². The Morgan fingerprint density at radius 1 is 1.35 bits per heavy atom. The Labute approximate surface area is 130 Å². The quantitative estimate of drug-likeness (QED) is 0.783. The minimum Gasteiger partial charge on any atom is -0.491 e. The highest BCUT2D eigenvalue weighted by molar-refractivity contribution is 9.10. The van der Waals surface area contributed by atoms with Crippen LogP contribution in [-0.2, 0) is 0 Å². The number of halogens is 1. The fraction of sp³-hybridized carbons (Fsp3) is 0.267. The van der Waals surface area contributed by atoms with Crippen LogP contribution in [0, 0.1) is 0 Å². The van der Waals surface area contributed by atoms with Crippen molar-refractivity contribution in [3.8, 4) is 5.75 Å². The summed E-state index contributed by atoms with van der Waals surface area (Å²) < 4.78 is 6.60. The zero-order valence-electron chi connectivity index (χ0n) is 10.8. The van der Waals surface area contributed by atoms with Crippen molar-refractivity contribution in [1.82, 2.24) is 0 Å². The Hall–Kier alpha value is -1.33. The van der Waals surface area contributed by atoms with E-state index in [2.05, 4.69) is 20.8 Å². The lowest BCUT2D eigenvalue weighted by atomic mass is 10.2. The SMILES string of the molecule is O=C(CN1CCCOc2ccccc21)c1sccc1Br. The van der Waals surface area contributed by atoms with Gasteiger partial charge in [-0.25, -0.2) is 0 Å². The molecular weight excluding hydrogens is 338 g/mol. The Bertz CT molecular complexity index is 626. The number of nitrogens with zero attached hydrogens (tertiary/aromatic N) is 1. The van der Waals surface area contributed by atoms with Gasteiger partial charge >= 0.3 is 0 Å². The summed E-state index contributed by atoms with van der Waals surface area (Å²) in [4.78, 5) is 15.3. The maximum Gasteiger partial charge on any atom is 0.193 e. The average molecular weight is 352 g/mol. The van der Waals surface area contributed by atoms with Crippen molar-refractivity contribution in [2.45, 2.75) is 6.42 Å². The van der Waals surface area contributed by atoms with Crippen LogP contribution in [0.25, 0.3) is 0 Å². The number of para-hydroxylation sites is 2. The Kier molecular flexibility index (Phi) is 4.08. The van der Waals surface area contributed by atoms with Crippen LogP contribution in [0.5, 0.6) is 5.75 Å². The van der Waals surface area contributed by atoms with Gasteiger partial charge in [0.2, 0.25) is 0 Å². The highest BCUT2D eigenvalue weighted by Crippen LogP contribution is 2.31. The fourth-order valence-electron chi connectivity index (χ4n) is 2.30. The third-order valence-electron chi connectivity index (χ3n) is 3.24. The third-order valence-corrected chi connectivity index (χ3v) is 5.12. The molecule has 0 fully saturated rings. The summed E-state index contributed by atoms with van der Waals surface area (Å²) in [6.45, 7) is 1.93. The number of ether oxygens (including phenoxy) is 1. The number of ketones is 1. The second kappa shape index (κ2) is 5.97. The van der Waals surface area contributed by atoms with E-state index in [1.54, 1.807) is 0 Å². The highest BCUT2D eigenvalue weighted by atomic mass is 79.9. The second-order valence-electron chi connectivity index (χ2n) is 4.61. The van der Waals surface area contributed by atoms with E-state index in [4.69, 9.17) is 4.74 Å². The lowest BCUT2D eigenvalue weighted by Crippen LogP contribution is -2.30. The van der Waals surface area contributed by atoms with E-state index in [-0.39, 0.29) is 5.78 Å². The summed E-state index contributed by atoms with van der Waals surface area (Å²) >= 11 is 4.90. The lowest BCUT2D eigenvalue weighted by Gasteiger charge is -2.22. The first-order valence-corrected chi connectivity index (χ1v) is 8.16. The predicted molar refractivity (Wildman–Crippen MR) is 85.1 cm³/mol. The number of hydrogen-bond acceptors (Lipinski definition) is 4. The first kappa shape index (κ1) is 13.6. The van der Waals surface area contributed by atoms with Crippen LogP contribution < -0.4 is 9.64 Å². The van der Waals surface area contributed by atoms with E-state index in [9.17, 15) is 4.79 Å². The summed E-state index contributed by atoms with van der Waals surface area (Å²) in [5, 5.41) is 1.93. The van der Waals surface area contributed by atoms with Gasteiger partial charge in [0, 0.05) is 11.0 Å². The van der Waals surface area contributed by atoms with Crippen molar-refractivity contribution in [3.05, 3.63) is 45.1 Å². The minimum atomic E-state index is 0.142. The molecule has 2 heterocycles. The van der Waals surface area contributed by atoms with Gasteiger partial charge in [0.05, 0.1) is 23.7 Å². The number of hydrogen-bond donors (Lipinski definition) is 0. The standard InChI is InChI=1S/C15H14BrNO2S/c16-11-6-9-20-15(11)13(18)10-17-7-3-8-19-14-5-2-1-4-12(14)17/h1-2,4-6,9H,3,7-8,10H2. The molecule has 1 aliphatic heterocycles. The summed E-state index contributed by atoms with van der Waals surface area (Å²) in [6, 6.07) is 9.82. The molecule has 5 heteroatoms. The van der Waals surface area contributed by atoms with Gasteiger partial charge in [-0.05, 0) is 45.9 Å². The van der Waals surface area contributed by atoms with E-state index in [0.29, 0.717) is 13.2 Å². The van der Waals surface area contributed by atoms with Crippen LogP contribution in [0.4, 0.5) is 5.69 Å². The molecule has 1 aliphatic rings. The number of fused-ring (bicyclic) bond motifs is 1. The molecule has 3 nitrogen and oxygen atoms in total. The summed E-state index contributed by atoms with van der Waals surface area (Å²) in [5.41, 5.74) is 1.01. The first-order valence-electron chi connectivity index (χ1n) is 6.48. The monoisotopic (exact) mass is 351 g/mol. The molecule has 3 rings (SSSR count). The van der Waals surface area contributed by atoms with Crippen molar-refractivity contribution in [3.63, 3.8) is 0 Å². The number of thiophene rings is 1. The van der Waals surface area contributed by atoms with E-state index in [0.717, 1.165) is 33.8 Å². The molecule has 0 unspecified atom stereocenters. The molecule has 0 atom stereocenters. The van der Waals surface area contributed by atoms with Crippen molar-refractivity contribution in [1.29, 1.82) is 0 Å². The van der Waals surface area contributed by atoms with Gasteiger partial charge in [-0.3, -0.25) is 4.79 Å². The number of rotatable bonds is 3. The molecule has 2 aromatic rings. The Morgan fingerprint density at radius 3 is 3.00 bits per heavy atom. The fourth-order valence-corrected chi connectivity index (χ4v) is 3.83. The number of benzene rings is 1. The topological polar surface area (TPSA) is 29.5 Å². The molecule has 104 valence electrons. The zero-order chi connectivity index (χ0) is 13.9. The molecule has 0 saturated heterocycles. The average Bonchev–Trinajstić information content (AvgIpc) is 2.78. The zero-order valence-corrected chi connectivity index (χ0v) is 13.2. The van der Waals surface area contributed by atoms with Gasteiger partial charge in [-0.2, -0.15) is 0 Å². The summed E-state index contributed by atoms with van der Waals surface area (Å²) in [5.74, 6) is 1.01. The molecule has 0 bridgehead atoms. The summed E-state index contributed by atoms with van der Waals surface area (Å²) in [6.07, 6.45) is 0.924. The maximum absolute atomic E-state index is 12.4. The third kappa shape index (κ3) is 2.74. The van der Waals surface area contributed by atoms with E-state index in [1.165, 1.54) is 11.3 Å². The van der Waals surface area contributed by atoms with Crippen LogP contribution in [-0.4, -0.2) is 25.5 Å². The number of carbonyl (C=O) groups excluding carboxylic acids is 1. The summed E-state index contributed by atoms with van der Waals surface area (Å²) in [7, 11) is 0. The molecule has 0 radical (unpaired) electrons. The first-order chi connectivity index (χ1) is 9.75. The van der Waals surface area contributed by atoms with Crippen molar-refractivity contribution >= 4 is 38.7 Å². The number of Topliss-reactive ketones (excluding diaryl/α,β-unsaturated/α-hetero) is 1. The minimum absolute atomic E-state index is 0.142.